The molecule has 2 atom stereocenters. The van der Waals surface area contributed by atoms with Gasteiger partial charge >= 0.3 is 6.09 Å². The van der Waals surface area contributed by atoms with E-state index >= 15 is 0 Å². The molecule has 8 heteroatoms. The van der Waals surface area contributed by atoms with Crippen molar-refractivity contribution in [1.82, 2.24) is 9.80 Å². The quantitative estimate of drug-likeness (QED) is 0.554. The Morgan fingerprint density at radius 2 is 1.73 bits per heavy atom. The Balaban J connectivity index is 1.33. The number of nitrogens with zero attached hydrogens (tertiary/aromatic N) is 4. The molecule has 1 amide bonds. The zero-order chi connectivity index (χ0) is 21.5. The lowest BCUT2D eigenvalue weighted by Gasteiger charge is -2.40. The second kappa shape index (κ2) is 8.06. The topological polar surface area (TPSA) is 79.2 Å². The number of ether oxygens (including phenoxy) is 1. The summed E-state index contributed by atoms with van der Waals surface area (Å²) in [5, 5.41) is 10.9. The Bertz CT molecular complexity index is 783. The van der Waals surface area contributed by atoms with E-state index in [0.29, 0.717) is 18.0 Å². The van der Waals surface area contributed by atoms with Crippen LogP contribution in [0.3, 0.4) is 0 Å². The van der Waals surface area contributed by atoms with Gasteiger partial charge in [0.15, 0.2) is 0 Å². The van der Waals surface area contributed by atoms with Gasteiger partial charge in [-0.3, -0.25) is 15.0 Å². The van der Waals surface area contributed by atoms with Crippen molar-refractivity contribution >= 4 is 17.5 Å². The van der Waals surface area contributed by atoms with Crippen LogP contribution in [0.25, 0.3) is 0 Å². The molecule has 0 aromatic heterocycles. The molecule has 4 rings (SSSR count). The highest BCUT2D eigenvalue weighted by Crippen LogP contribution is 2.36. The highest BCUT2D eigenvalue weighted by atomic mass is 16.6. The Kier molecular flexibility index (Phi) is 5.61. The minimum Gasteiger partial charge on any atom is -0.444 e. The molecular formula is C22H32N4O4. The molecule has 0 radical (unpaired) electrons. The third-order valence-corrected chi connectivity index (χ3v) is 6.46. The maximum absolute atomic E-state index is 12.3. The van der Waals surface area contributed by atoms with Gasteiger partial charge in [0.2, 0.25) is 0 Å². The fourth-order valence-corrected chi connectivity index (χ4v) is 5.14. The van der Waals surface area contributed by atoms with Crippen molar-refractivity contribution in [3.63, 3.8) is 0 Å². The average molecular weight is 417 g/mol. The van der Waals surface area contributed by atoms with Crippen LogP contribution in [0.4, 0.5) is 16.2 Å². The number of nitro benzene ring substituents is 1. The lowest BCUT2D eigenvalue weighted by molar-refractivity contribution is -0.384. The number of anilines is 1. The van der Waals surface area contributed by atoms with Crippen molar-refractivity contribution in [2.75, 3.05) is 37.6 Å². The zero-order valence-electron chi connectivity index (χ0n) is 18.1. The number of piperidine rings is 2. The maximum Gasteiger partial charge on any atom is 0.410 e. The highest BCUT2D eigenvalue weighted by Gasteiger charge is 2.42. The van der Waals surface area contributed by atoms with Gasteiger partial charge < -0.3 is 14.5 Å². The number of hydrogen-bond donors (Lipinski definition) is 0. The van der Waals surface area contributed by atoms with Crippen molar-refractivity contribution in [3.8, 4) is 0 Å². The van der Waals surface area contributed by atoms with Gasteiger partial charge in [-0.05, 0) is 58.1 Å². The molecule has 2 unspecified atom stereocenters. The summed E-state index contributed by atoms with van der Waals surface area (Å²) >= 11 is 0. The van der Waals surface area contributed by atoms with Crippen LogP contribution in [0, 0.1) is 16.0 Å². The Morgan fingerprint density at radius 1 is 1.07 bits per heavy atom. The fraction of sp³-hybridized carbons (Fsp3) is 0.682. The fourth-order valence-electron chi connectivity index (χ4n) is 5.14. The average Bonchev–Trinajstić information content (AvgIpc) is 3.00. The van der Waals surface area contributed by atoms with Crippen LogP contribution in [0.2, 0.25) is 0 Å². The van der Waals surface area contributed by atoms with Gasteiger partial charge in [-0.2, -0.15) is 0 Å². The summed E-state index contributed by atoms with van der Waals surface area (Å²) < 4.78 is 5.52. The van der Waals surface area contributed by atoms with Crippen LogP contribution in [0.15, 0.2) is 24.3 Å². The summed E-state index contributed by atoms with van der Waals surface area (Å²) in [4.78, 5) is 29.8. The molecule has 3 aliphatic heterocycles. The van der Waals surface area contributed by atoms with Gasteiger partial charge in [-0.15, -0.1) is 0 Å². The van der Waals surface area contributed by atoms with Gasteiger partial charge in [0, 0.05) is 62.6 Å². The van der Waals surface area contributed by atoms with E-state index in [4.69, 9.17) is 4.74 Å². The van der Waals surface area contributed by atoms with E-state index in [-0.39, 0.29) is 16.7 Å². The summed E-state index contributed by atoms with van der Waals surface area (Å²) in [6, 6.07) is 7.94. The molecule has 0 saturated carbocycles. The van der Waals surface area contributed by atoms with Gasteiger partial charge in [-0.1, -0.05) is 0 Å². The van der Waals surface area contributed by atoms with Crippen molar-refractivity contribution in [2.24, 2.45) is 5.92 Å². The minimum atomic E-state index is -0.457. The number of carbonyl (C=O) groups is 1. The zero-order valence-corrected chi connectivity index (χ0v) is 18.1. The number of non-ortho nitro benzene ring substituents is 1. The van der Waals surface area contributed by atoms with E-state index in [2.05, 4.69) is 9.80 Å². The lowest BCUT2D eigenvalue weighted by atomic mass is 9.98. The number of nitro groups is 1. The van der Waals surface area contributed by atoms with Crippen molar-refractivity contribution < 1.29 is 14.5 Å². The molecule has 3 aliphatic rings. The molecule has 2 bridgehead atoms. The van der Waals surface area contributed by atoms with E-state index in [1.165, 1.54) is 6.42 Å². The number of hydrogen-bond acceptors (Lipinski definition) is 6. The van der Waals surface area contributed by atoms with Gasteiger partial charge in [0.1, 0.15) is 5.60 Å². The van der Waals surface area contributed by atoms with Crippen molar-refractivity contribution in [1.29, 1.82) is 0 Å². The van der Waals surface area contributed by atoms with Crippen LogP contribution < -0.4 is 4.90 Å². The van der Waals surface area contributed by atoms with Crippen LogP contribution in [0.1, 0.15) is 40.0 Å². The predicted molar refractivity (Wildman–Crippen MR) is 115 cm³/mol. The minimum absolute atomic E-state index is 0.136. The monoisotopic (exact) mass is 416 g/mol. The molecule has 3 fully saturated rings. The first-order valence-corrected chi connectivity index (χ1v) is 10.9. The van der Waals surface area contributed by atoms with Crippen molar-refractivity contribution in [2.45, 2.75) is 57.7 Å². The molecule has 0 aliphatic carbocycles. The van der Waals surface area contributed by atoms with Crippen LogP contribution >= 0.6 is 0 Å². The van der Waals surface area contributed by atoms with E-state index in [1.807, 2.05) is 37.8 Å². The standard InChI is InChI=1S/C22H32N4O4/c1-22(2,3)30-21(27)23-10-8-18(9-11-23)25-14-16-12-20(25)15-24(13-16)17-4-6-19(7-5-17)26(28)29/h4-7,16,18,20H,8-15H2,1-3H3. The normalized spacial score (nSPS) is 25.4. The Morgan fingerprint density at radius 3 is 2.33 bits per heavy atom. The number of rotatable bonds is 3. The molecule has 164 valence electrons. The number of amides is 1. The first-order valence-electron chi connectivity index (χ1n) is 10.9. The summed E-state index contributed by atoms with van der Waals surface area (Å²) in [7, 11) is 0. The molecule has 30 heavy (non-hydrogen) atoms. The van der Waals surface area contributed by atoms with E-state index in [9.17, 15) is 14.9 Å². The Hall–Kier alpha value is -2.35. The highest BCUT2D eigenvalue weighted by molar-refractivity contribution is 5.68. The second-order valence-electron chi connectivity index (χ2n) is 9.83. The summed E-state index contributed by atoms with van der Waals surface area (Å²) in [6.45, 7) is 10.3. The largest absolute Gasteiger partial charge is 0.444 e. The second-order valence-corrected chi connectivity index (χ2v) is 9.83. The molecule has 1 aromatic carbocycles. The van der Waals surface area contributed by atoms with E-state index in [1.54, 1.807) is 12.1 Å². The summed E-state index contributed by atoms with van der Waals surface area (Å²) in [5.41, 5.74) is 0.746. The first-order chi connectivity index (χ1) is 14.2. The summed E-state index contributed by atoms with van der Waals surface area (Å²) in [6.07, 6.45) is 2.99. The third-order valence-electron chi connectivity index (χ3n) is 6.46. The van der Waals surface area contributed by atoms with Crippen LogP contribution in [-0.2, 0) is 4.74 Å². The lowest BCUT2D eigenvalue weighted by Crippen LogP contribution is -2.51. The Labute approximate surface area is 177 Å². The SMILES string of the molecule is CC(C)(C)OC(=O)N1CCC(N2CC3CC2CN(c2ccc([N+](=O)[O-])cc2)C3)CC1. The smallest absolute Gasteiger partial charge is 0.410 e. The van der Waals surface area contributed by atoms with E-state index in [0.717, 1.165) is 51.3 Å². The van der Waals surface area contributed by atoms with Gasteiger partial charge in [-0.25, -0.2) is 4.79 Å². The number of benzene rings is 1. The van der Waals surface area contributed by atoms with Gasteiger partial charge in [0.25, 0.3) is 5.69 Å². The molecule has 3 heterocycles. The van der Waals surface area contributed by atoms with Crippen LogP contribution in [0.5, 0.6) is 0 Å². The van der Waals surface area contributed by atoms with E-state index < -0.39 is 5.60 Å². The molecule has 3 saturated heterocycles. The molecule has 8 nitrogen and oxygen atoms in total. The number of carbonyl (C=O) groups excluding carboxylic acids is 1. The van der Waals surface area contributed by atoms with Crippen LogP contribution in [-0.4, -0.2) is 71.2 Å². The van der Waals surface area contributed by atoms with Gasteiger partial charge in [0.05, 0.1) is 4.92 Å². The molecule has 1 aromatic rings. The molecule has 0 spiro atoms. The molecule has 0 N–H and O–H groups in total. The third kappa shape index (κ3) is 4.53. The summed E-state index contributed by atoms with van der Waals surface area (Å²) in [5.74, 6) is 0.628. The number of fused-ring (bicyclic) bond motifs is 2. The number of likely N-dealkylation sites (tertiary alicyclic amines) is 2. The maximum atomic E-state index is 12.3. The predicted octanol–water partition coefficient (Wildman–Crippen LogP) is 3.50. The van der Waals surface area contributed by atoms with Crippen molar-refractivity contribution in [3.05, 3.63) is 34.4 Å². The molecular weight excluding hydrogens is 384 g/mol. The first kappa shape index (κ1) is 20.9.